The van der Waals surface area contributed by atoms with Crippen LogP contribution in [0.3, 0.4) is 0 Å². The van der Waals surface area contributed by atoms with E-state index in [2.05, 4.69) is 22.5 Å². The zero-order valence-corrected chi connectivity index (χ0v) is 15.6. The zero-order chi connectivity index (χ0) is 17.6. The van der Waals surface area contributed by atoms with E-state index in [0.29, 0.717) is 23.9 Å². The SMILES string of the molecule is CC1CCCN(CCCNC(=O)NC2CCOc3c(Cl)cccc32)C1. The smallest absolute Gasteiger partial charge is 0.315 e. The molecule has 2 unspecified atom stereocenters. The summed E-state index contributed by atoms with van der Waals surface area (Å²) in [6.07, 6.45) is 4.37. The molecule has 138 valence electrons. The lowest BCUT2D eigenvalue weighted by Crippen LogP contribution is -2.41. The van der Waals surface area contributed by atoms with Gasteiger partial charge >= 0.3 is 6.03 Å². The Morgan fingerprint density at radius 2 is 2.28 bits per heavy atom. The van der Waals surface area contributed by atoms with Gasteiger partial charge in [0.1, 0.15) is 5.75 Å². The number of hydrogen-bond acceptors (Lipinski definition) is 3. The molecule has 1 fully saturated rings. The molecule has 3 rings (SSSR count). The fourth-order valence-corrected chi connectivity index (χ4v) is 3.98. The maximum atomic E-state index is 12.2. The Morgan fingerprint density at radius 1 is 1.40 bits per heavy atom. The fourth-order valence-electron chi connectivity index (χ4n) is 3.74. The molecule has 0 spiro atoms. The van der Waals surface area contributed by atoms with Crippen molar-refractivity contribution in [2.24, 2.45) is 5.92 Å². The first-order valence-corrected chi connectivity index (χ1v) is 9.69. The number of hydrogen-bond donors (Lipinski definition) is 2. The first-order valence-electron chi connectivity index (χ1n) is 9.31. The van der Waals surface area contributed by atoms with Crippen molar-refractivity contribution in [1.29, 1.82) is 0 Å². The number of piperidine rings is 1. The second-order valence-electron chi connectivity index (χ2n) is 7.15. The molecule has 25 heavy (non-hydrogen) atoms. The van der Waals surface area contributed by atoms with E-state index in [9.17, 15) is 4.79 Å². The molecular formula is C19H28ClN3O2. The Kier molecular flexibility index (Phi) is 6.43. The van der Waals surface area contributed by atoms with Crippen molar-refractivity contribution in [2.45, 2.75) is 38.6 Å². The second kappa shape index (κ2) is 8.77. The molecule has 6 heteroatoms. The molecule has 2 aliphatic rings. The molecule has 5 nitrogen and oxygen atoms in total. The van der Waals surface area contributed by atoms with Gasteiger partial charge in [-0.2, -0.15) is 0 Å². The highest BCUT2D eigenvalue weighted by Gasteiger charge is 2.24. The van der Waals surface area contributed by atoms with Crippen molar-refractivity contribution in [3.8, 4) is 5.75 Å². The number of halogens is 1. The standard InChI is InChI=1S/C19H28ClN3O2/c1-14-5-3-10-23(13-14)11-4-9-21-19(24)22-17-8-12-25-18-15(17)6-2-7-16(18)20/h2,6-7,14,17H,3-5,8-13H2,1H3,(H2,21,22,24). The van der Waals surface area contributed by atoms with Crippen LogP contribution in [0.25, 0.3) is 0 Å². The van der Waals surface area contributed by atoms with Gasteiger partial charge in [0.2, 0.25) is 0 Å². The molecule has 2 heterocycles. The minimum Gasteiger partial charge on any atom is -0.492 e. The van der Waals surface area contributed by atoms with E-state index in [0.717, 1.165) is 30.9 Å². The van der Waals surface area contributed by atoms with Gasteiger partial charge in [0.15, 0.2) is 0 Å². The number of benzene rings is 1. The quantitative estimate of drug-likeness (QED) is 0.784. The Labute approximate surface area is 155 Å². The lowest BCUT2D eigenvalue weighted by molar-refractivity contribution is 0.181. The first-order chi connectivity index (χ1) is 12.1. The summed E-state index contributed by atoms with van der Waals surface area (Å²) in [5, 5.41) is 6.62. The summed E-state index contributed by atoms with van der Waals surface area (Å²) < 4.78 is 5.63. The summed E-state index contributed by atoms with van der Waals surface area (Å²) in [6.45, 7) is 7.01. The summed E-state index contributed by atoms with van der Waals surface area (Å²) >= 11 is 6.17. The molecule has 0 aliphatic carbocycles. The number of likely N-dealkylation sites (tertiary alicyclic amines) is 1. The maximum absolute atomic E-state index is 12.2. The average Bonchev–Trinajstić information content (AvgIpc) is 2.60. The molecular weight excluding hydrogens is 338 g/mol. The summed E-state index contributed by atoms with van der Waals surface area (Å²) in [4.78, 5) is 14.7. The Hall–Kier alpha value is -1.46. The van der Waals surface area contributed by atoms with Crippen molar-refractivity contribution in [1.82, 2.24) is 15.5 Å². The highest BCUT2D eigenvalue weighted by molar-refractivity contribution is 6.32. The topological polar surface area (TPSA) is 53.6 Å². The number of carbonyl (C=O) groups excluding carboxylic acids is 1. The number of amides is 2. The number of urea groups is 1. The predicted octanol–water partition coefficient (Wildman–Crippen LogP) is 3.58. The summed E-state index contributed by atoms with van der Waals surface area (Å²) in [6, 6.07) is 5.49. The molecule has 2 aliphatic heterocycles. The van der Waals surface area contributed by atoms with Crippen molar-refractivity contribution >= 4 is 17.6 Å². The van der Waals surface area contributed by atoms with Crippen LogP contribution in [-0.2, 0) is 0 Å². The molecule has 1 aromatic carbocycles. The van der Waals surface area contributed by atoms with Gasteiger partial charge in [-0.3, -0.25) is 0 Å². The van der Waals surface area contributed by atoms with Gasteiger partial charge in [-0.05, 0) is 44.3 Å². The van der Waals surface area contributed by atoms with Crippen LogP contribution in [-0.4, -0.2) is 43.7 Å². The van der Waals surface area contributed by atoms with Crippen molar-refractivity contribution in [3.63, 3.8) is 0 Å². The Morgan fingerprint density at radius 3 is 3.12 bits per heavy atom. The van der Waals surface area contributed by atoms with Gasteiger partial charge in [0, 0.05) is 25.1 Å². The molecule has 0 radical (unpaired) electrons. The number of nitrogens with one attached hydrogen (secondary N) is 2. The van der Waals surface area contributed by atoms with E-state index in [1.807, 2.05) is 18.2 Å². The molecule has 0 bridgehead atoms. The third kappa shape index (κ3) is 5.02. The van der Waals surface area contributed by atoms with Crippen molar-refractivity contribution < 1.29 is 9.53 Å². The molecule has 2 amide bonds. The van der Waals surface area contributed by atoms with Crippen molar-refractivity contribution in [2.75, 3.05) is 32.8 Å². The summed E-state index contributed by atoms with van der Waals surface area (Å²) in [7, 11) is 0. The van der Waals surface area contributed by atoms with Gasteiger partial charge in [-0.15, -0.1) is 0 Å². The lowest BCUT2D eigenvalue weighted by Gasteiger charge is -2.30. The van der Waals surface area contributed by atoms with Crippen LogP contribution in [0.2, 0.25) is 5.02 Å². The summed E-state index contributed by atoms with van der Waals surface area (Å²) in [5.41, 5.74) is 0.955. The number of nitrogens with zero attached hydrogens (tertiary/aromatic N) is 1. The number of ether oxygens (including phenoxy) is 1. The van der Waals surface area contributed by atoms with Crippen LogP contribution in [0.4, 0.5) is 4.79 Å². The maximum Gasteiger partial charge on any atom is 0.315 e. The highest BCUT2D eigenvalue weighted by atomic mass is 35.5. The normalized spacial score (nSPS) is 23.4. The zero-order valence-electron chi connectivity index (χ0n) is 14.9. The number of rotatable bonds is 5. The molecule has 2 atom stereocenters. The van der Waals surface area contributed by atoms with E-state index in [1.54, 1.807) is 0 Å². The minimum atomic E-state index is -0.121. The summed E-state index contributed by atoms with van der Waals surface area (Å²) in [5.74, 6) is 1.49. The van der Waals surface area contributed by atoms with Gasteiger partial charge in [-0.1, -0.05) is 30.7 Å². The molecule has 0 aromatic heterocycles. The van der Waals surface area contributed by atoms with Crippen LogP contribution in [0.15, 0.2) is 18.2 Å². The van der Waals surface area contributed by atoms with Crippen LogP contribution >= 0.6 is 11.6 Å². The Balaban J connectivity index is 1.41. The minimum absolute atomic E-state index is 0.0506. The largest absolute Gasteiger partial charge is 0.492 e. The van der Waals surface area contributed by atoms with Crippen LogP contribution in [0.5, 0.6) is 5.75 Å². The second-order valence-corrected chi connectivity index (χ2v) is 7.56. The predicted molar refractivity (Wildman–Crippen MR) is 100 cm³/mol. The lowest BCUT2D eigenvalue weighted by atomic mass is 10.0. The Bertz CT molecular complexity index is 596. The fraction of sp³-hybridized carbons (Fsp3) is 0.632. The molecule has 1 aromatic rings. The van der Waals surface area contributed by atoms with E-state index in [1.165, 1.54) is 25.9 Å². The van der Waals surface area contributed by atoms with E-state index < -0.39 is 0 Å². The van der Waals surface area contributed by atoms with E-state index in [4.69, 9.17) is 16.3 Å². The molecule has 0 saturated carbocycles. The van der Waals surface area contributed by atoms with Gasteiger partial charge in [0.25, 0.3) is 0 Å². The number of fused-ring (bicyclic) bond motifs is 1. The van der Waals surface area contributed by atoms with Crippen LogP contribution in [0, 0.1) is 5.92 Å². The monoisotopic (exact) mass is 365 g/mol. The van der Waals surface area contributed by atoms with Gasteiger partial charge in [-0.25, -0.2) is 4.79 Å². The third-order valence-electron chi connectivity index (χ3n) is 5.01. The molecule has 1 saturated heterocycles. The highest BCUT2D eigenvalue weighted by Crippen LogP contribution is 2.37. The van der Waals surface area contributed by atoms with Gasteiger partial charge < -0.3 is 20.3 Å². The van der Waals surface area contributed by atoms with E-state index in [-0.39, 0.29) is 12.1 Å². The third-order valence-corrected chi connectivity index (χ3v) is 5.31. The average molecular weight is 366 g/mol. The number of para-hydroxylation sites is 1. The van der Waals surface area contributed by atoms with Crippen LogP contribution < -0.4 is 15.4 Å². The van der Waals surface area contributed by atoms with Crippen LogP contribution in [0.1, 0.15) is 44.2 Å². The van der Waals surface area contributed by atoms with Gasteiger partial charge in [0.05, 0.1) is 17.7 Å². The first kappa shape index (κ1) is 18.3. The van der Waals surface area contributed by atoms with Crippen molar-refractivity contribution in [3.05, 3.63) is 28.8 Å². The molecule has 2 N–H and O–H groups in total. The number of carbonyl (C=O) groups is 1. The van der Waals surface area contributed by atoms with E-state index >= 15 is 0 Å².